The molecule has 18 aromatic rings. The zero-order chi connectivity index (χ0) is 82.9. The molecule has 448 valence electrons. The number of rotatable bonds is 10. The zero-order valence-corrected chi connectivity index (χ0v) is 50.5. The molecule has 6 heteroatoms. The number of hydrogen-bond acceptors (Lipinski definition) is 6. The Balaban J connectivity index is 0.000000171. The number of benzene rings is 16. The van der Waals surface area contributed by atoms with E-state index in [1.165, 1.54) is 0 Å². The second kappa shape index (κ2) is 25.0. The predicted molar refractivity (Wildman–Crippen MR) is 399 cm³/mol. The number of hydrogen-bond donors (Lipinski definition) is 0. The Bertz CT molecular complexity index is 7330. The van der Waals surface area contributed by atoms with Crippen LogP contribution < -0.4 is 0 Å². The Labute approximate surface area is 586 Å². The minimum absolute atomic E-state index is 0.00296. The van der Waals surface area contributed by atoms with Crippen molar-refractivity contribution in [3.05, 3.63) is 351 Å². The van der Waals surface area contributed by atoms with Crippen LogP contribution in [0.1, 0.15) is 30.2 Å². The van der Waals surface area contributed by atoms with Gasteiger partial charge in [0.2, 0.25) is 0 Å². The first-order valence-corrected chi connectivity index (χ1v) is 30.6. The lowest BCUT2D eigenvalue weighted by molar-refractivity contribution is 1.07. The number of aromatic nitrogens is 6. The van der Waals surface area contributed by atoms with Gasteiger partial charge in [0.05, 0.1) is 30.2 Å². The molecule has 18 rings (SSSR count). The van der Waals surface area contributed by atoms with Crippen LogP contribution in [0.15, 0.2) is 351 Å². The lowest BCUT2D eigenvalue weighted by Crippen LogP contribution is -2.01. The maximum Gasteiger partial charge on any atom is 0.164 e. The second-order valence-corrected chi connectivity index (χ2v) is 22.4. The van der Waals surface area contributed by atoms with Gasteiger partial charge in [0.25, 0.3) is 0 Å². The van der Waals surface area contributed by atoms with Crippen LogP contribution in [-0.4, -0.2) is 29.9 Å². The van der Waals surface area contributed by atoms with Crippen molar-refractivity contribution in [1.29, 1.82) is 0 Å². The third-order valence-electron chi connectivity index (χ3n) is 16.5. The van der Waals surface area contributed by atoms with Gasteiger partial charge in [-0.2, -0.15) is 0 Å². The summed E-state index contributed by atoms with van der Waals surface area (Å²) in [7, 11) is 0. The van der Waals surface area contributed by atoms with Gasteiger partial charge in [0, 0.05) is 33.4 Å². The molecule has 0 aliphatic carbocycles. The van der Waals surface area contributed by atoms with Crippen LogP contribution in [0.2, 0.25) is 0 Å². The van der Waals surface area contributed by atoms with E-state index in [1.807, 2.05) is 115 Å². The molecule has 6 nitrogen and oxygen atoms in total. The van der Waals surface area contributed by atoms with E-state index in [0.29, 0.717) is 50.2 Å². The average Bonchev–Trinajstić information content (AvgIpc) is 0.718. The zero-order valence-electron chi connectivity index (χ0n) is 72.5. The fraction of sp³-hybridized carbons (Fsp3) is 0. The summed E-state index contributed by atoms with van der Waals surface area (Å²) in [4.78, 5) is 28.8. The highest BCUT2D eigenvalue weighted by atomic mass is 15.0. The summed E-state index contributed by atoms with van der Waals surface area (Å²) in [5.74, 6) is 0.635. The summed E-state index contributed by atoms with van der Waals surface area (Å²) in [5.41, 5.74) is 3.97. The van der Waals surface area contributed by atoms with Gasteiger partial charge in [-0.3, -0.25) is 0 Å². The molecule has 2 aromatic heterocycles. The average molecular weight is 1250 g/mol. The van der Waals surface area contributed by atoms with E-state index in [0.717, 1.165) is 37.9 Å². The summed E-state index contributed by atoms with van der Waals surface area (Å²) < 4.78 is 193. The fourth-order valence-corrected chi connectivity index (χ4v) is 11.8. The molecule has 0 N–H and O–H groups in total. The molecule has 0 bridgehead atoms. The third-order valence-corrected chi connectivity index (χ3v) is 16.5. The molecule has 2 heterocycles. The summed E-state index contributed by atoms with van der Waals surface area (Å²) in [5, 5.41) is 6.55. The Hall–Kier alpha value is -12.9. The molecule has 0 saturated heterocycles. The molecule has 16 aromatic carbocycles. The van der Waals surface area contributed by atoms with Gasteiger partial charge in [-0.1, -0.05) is 309 Å². The van der Waals surface area contributed by atoms with Crippen molar-refractivity contribution in [2.75, 3.05) is 0 Å². The Morgan fingerprint density at radius 1 is 0.177 bits per heavy atom. The van der Waals surface area contributed by atoms with Crippen molar-refractivity contribution < 1.29 is 30.2 Å². The highest BCUT2D eigenvalue weighted by Gasteiger charge is 2.20. The van der Waals surface area contributed by atoms with Crippen molar-refractivity contribution in [2.24, 2.45) is 0 Å². The van der Waals surface area contributed by atoms with Crippen LogP contribution >= 0.6 is 0 Å². The quantitative estimate of drug-likeness (QED) is 0.127. The number of nitrogens with zero attached hydrogens (tertiary/aromatic N) is 6. The summed E-state index contributed by atoms with van der Waals surface area (Å²) >= 11 is 0. The minimum Gasteiger partial charge on any atom is -0.208 e. The summed E-state index contributed by atoms with van der Waals surface area (Å²) in [6, 6.07) is 57.1. The Morgan fingerprint density at radius 2 is 0.594 bits per heavy atom. The first-order chi connectivity index (χ1) is 56.7. The van der Waals surface area contributed by atoms with E-state index in [-0.39, 0.29) is 144 Å². The molecular formula is C90H58N6. The first kappa shape index (κ1) is 38.2. The van der Waals surface area contributed by atoms with E-state index in [1.54, 1.807) is 97.1 Å². The standard InChI is InChI=1S/C49H31N3.C41H27N3/c1-2-13-33(14-3-1)47-50-48(52-49(51-47)46-31-39-16-6-7-17-41(39)43-19-9-10-20-44(43)46)45-21-11-8-18-42(45)40-27-26-37-29-36(24-25-38(37)30-40)35-23-22-32-12-4-5-15-34(32)28-35;1-3-12-29(13-4-1)39-42-40(30-14-5-2-6-15-30)44-41(43-39)38-18-10-9-17-37(38)36-24-23-34-26-33(21-22-35(34)27-36)32-20-19-28-11-7-8-16-31(28)25-32/h1-31H;1-27H/i4D,5D,8D,11D,12D,15D,18D,21D,22D,23D,28D;1D,3D,4D,12D,13D,21D,22D,23D,24D,26D,27D. The predicted octanol–water partition coefficient (Wildman–Crippen LogP) is 23.3. The minimum atomic E-state index is -0.570. The SMILES string of the molecule is [2H]c1c([2H])c([2H])c(-c2nc(-c3ccccc3)nc(-c3cc4ccccc4c4ccccc34)n2)c(-c2ccc3cc(-c4c([2H])c([2H])c5c([2H])c([2H])c([2H])c([2H])c5c4[2H])ccc3c2)c1[2H].[2H]c1c([2H])c([2H])c(-c2nc(-c3ccccc3)nc(-c3ccccc3-c3c([2H])c([2H])c4c([2H])c(-c5ccc6ccccc6c5)c([2H])c([2H])c4c3[2H])n2)c([2H])c1[2H]. The highest BCUT2D eigenvalue weighted by molar-refractivity contribution is 6.13. The van der Waals surface area contributed by atoms with Crippen LogP contribution in [0.4, 0.5) is 0 Å². The van der Waals surface area contributed by atoms with E-state index in [2.05, 4.69) is 16.0 Å². The number of fused-ring (bicyclic) bond motifs is 7. The summed E-state index contributed by atoms with van der Waals surface area (Å²) in [6.07, 6.45) is 0. The highest BCUT2D eigenvalue weighted by Crippen LogP contribution is 2.40. The van der Waals surface area contributed by atoms with Crippen LogP contribution in [-0.2, 0) is 0 Å². The van der Waals surface area contributed by atoms with Crippen molar-refractivity contribution in [2.45, 2.75) is 0 Å². The summed E-state index contributed by atoms with van der Waals surface area (Å²) in [6.45, 7) is 0. The van der Waals surface area contributed by atoms with Gasteiger partial charge in [-0.05, 0) is 152 Å². The molecule has 0 aliphatic rings. The largest absolute Gasteiger partial charge is 0.208 e. The van der Waals surface area contributed by atoms with Crippen molar-refractivity contribution in [1.82, 2.24) is 29.9 Å². The van der Waals surface area contributed by atoms with Gasteiger partial charge in [-0.25, -0.2) is 29.9 Å². The molecular weight excluding hydrogens is 1170 g/mol. The van der Waals surface area contributed by atoms with Crippen molar-refractivity contribution in [3.63, 3.8) is 0 Å². The molecule has 0 fully saturated rings. The molecule has 0 aliphatic heterocycles. The Morgan fingerprint density at radius 3 is 1.27 bits per heavy atom. The lowest BCUT2D eigenvalue weighted by Gasteiger charge is -2.14. The fourth-order valence-electron chi connectivity index (χ4n) is 11.8. The van der Waals surface area contributed by atoms with Crippen LogP contribution in [0.25, 0.3) is 177 Å². The van der Waals surface area contributed by atoms with E-state index in [9.17, 15) is 8.22 Å². The molecule has 0 spiro atoms. The van der Waals surface area contributed by atoms with Gasteiger partial charge in [-0.15, -0.1) is 0 Å². The molecule has 0 amide bonds. The van der Waals surface area contributed by atoms with Gasteiger partial charge in [0.1, 0.15) is 0 Å². The molecule has 96 heavy (non-hydrogen) atoms. The molecule has 0 saturated carbocycles. The molecule has 0 atom stereocenters. The monoisotopic (exact) mass is 1240 g/mol. The van der Waals surface area contributed by atoms with Crippen LogP contribution in [0.3, 0.4) is 0 Å². The van der Waals surface area contributed by atoms with Crippen LogP contribution in [0, 0.1) is 0 Å². The third kappa shape index (κ3) is 11.2. The van der Waals surface area contributed by atoms with E-state index >= 15 is 0 Å². The second-order valence-electron chi connectivity index (χ2n) is 22.4. The topological polar surface area (TPSA) is 77.3 Å². The lowest BCUT2D eigenvalue weighted by atomic mass is 9.94. The van der Waals surface area contributed by atoms with E-state index < -0.39 is 78.6 Å². The van der Waals surface area contributed by atoms with Gasteiger partial charge >= 0.3 is 0 Å². The van der Waals surface area contributed by atoms with Crippen LogP contribution in [0.5, 0.6) is 0 Å². The normalized spacial score (nSPS) is 14.5. The molecule has 0 radical (unpaired) electrons. The van der Waals surface area contributed by atoms with Gasteiger partial charge in [0.15, 0.2) is 34.9 Å². The smallest absolute Gasteiger partial charge is 0.164 e. The maximum absolute atomic E-state index is 9.42. The first-order valence-electron chi connectivity index (χ1n) is 41.6. The van der Waals surface area contributed by atoms with Crippen molar-refractivity contribution in [3.8, 4) is 113 Å². The maximum atomic E-state index is 9.42. The van der Waals surface area contributed by atoms with E-state index in [4.69, 9.17) is 41.9 Å². The Kier molecular flexibility index (Phi) is 9.93. The van der Waals surface area contributed by atoms with Crippen molar-refractivity contribution >= 4 is 64.6 Å². The molecule has 0 unspecified atom stereocenters. The van der Waals surface area contributed by atoms with Gasteiger partial charge < -0.3 is 0 Å².